The molecule has 2 aromatic rings. The van der Waals surface area contributed by atoms with Crippen molar-refractivity contribution in [2.45, 2.75) is 26.7 Å². The summed E-state index contributed by atoms with van der Waals surface area (Å²) in [5, 5.41) is 2.93. The second-order valence-electron chi connectivity index (χ2n) is 6.55. The van der Waals surface area contributed by atoms with Crippen molar-refractivity contribution in [1.29, 1.82) is 0 Å². The number of amides is 2. The van der Waals surface area contributed by atoms with Crippen LogP contribution in [0.3, 0.4) is 0 Å². The van der Waals surface area contributed by atoms with E-state index in [4.69, 9.17) is 12.2 Å². The molecular formula is C22H22N2O2S2. The van der Waals surface area contributed by atoms with Crippen molar-refractivity contribution in [2.24, 2.45) is 0 Å². The lowest BCUT2D eigenvalue weighted by molar-refractivity contribution is -0.122. The predicted octanol–water partition coefficient (Wildman–Crippen LogP) is 4.79. The van der Waals surface area contributed by atoms with Crippen LogP contribution < -0.4 is 5.32 Å². The Morgan fingerprint density at radius 3 is 2.61 bits per heavy atom. The number of aryl methyl sites for hydroxylation is 2. The fraction of sp³-hybridized carbons (Fsp3) is 0.227. The quantitative estimate of drug-likeness (QED) is 0.550. The molecule has 0 aromatic heterocycles. The minimum Gasteiger partial charge on any atom is -0.326 e. The Balaban J connectivity index is 1.61. The van der Waals surface area contributed by atoms with Crippen LogP contribution in [0, 0.1) is 6.92 Å². The van der Waals surface area contributed by atoms with Gasteiger partial charge in [-0.15, -0.1) is 0 Å². The van der Waals surface area contributed by atoms with Crippen molar-refractivity contribution >= 4 is 51.9 Å². The molecule has 0 atom stereocenters. The Labute approximate surface area is 175 Å². The predicted molar refractivity (Wildman–Crippen MR) is 120 cm³/mol. The van der Waals surface area contributed by atoms with Crippen molar-refractivity contribution in [3.8, 4) is 0 Å². The Kier molecular flexibility index (Phi) is 6.65. The third-order valence-electron chi connectivity index (χ3n) is 4.48. The Morgan fingerprint density at radius 1 is 1.18 bits per heavy atom. The van der Waals surface area contributed by atoms with E-state index < -0.39 is 0 Å². The molecule has 2 aromatic carbocycles. The molecule has 1 fully saturated rings. The number of thioether (sulfide) groups is 1. The zero-order chi connectivity index (χ0) is 20.1. The molecule has 1 aliphatic heterocycles. The number of rotatable bonds is 6. The zero-order valence-corrected chi connectivity index (χ0v) is 17.5. The van der Waals surface area contributed by atoms with Gasteiger partial charge in [0.25, 0.3) is 5.91 Å². The van der Waals surface area contributed by atoms with Gasteiger partial charge in [-0.1, -0.05) is 78.9 Å². The maximum Gasteiger partial charge on any atom is 0.266 e. The normalized spacial score (nSPS) is 15.4. The van der Waals surface area contributed by atoms with Crippen LogP contribution in [-0.2, 0) is 16.0 Å². The molecular weight excluding hydrogens is 388 g/mol. The summed E-state index contributed by atoms with van der Waals surface area (Å²) in [5.74, 6) is -0.269. The lowest BCUT2D eigenvalue weighted by Gasteiger charge is -2.15. The van der Waals surface area contributed by atoms with E-state index in [1.54, 1.807) is 0 Å². The number of nitrogens with zero attached hydrogens (tertiary/aromatic N) is 1. The SMILES string of the molecule is CCc1ccccc1NC(=O)CCN1C(=O)/C(=C/c2ccc(C)cc2)SC1=S. The summed E-state index contributed by atoms with van der Waals surface area (Å²) < 4.78 is 0.491. The average molecular weight is 411 g/mol. The smallest absolute Gasteiger partial charge is 0.266 e. The summed E-state index contributed by atoms with van der Waals surface area (Å²) in [6, 6.07) is 15.7. The minimum absolute atomic E-state index is 0.127. The fourth-order valence-electron chi connectivity index (χ4n) is 2.88. The van der Waals surface area contributed by atoms with Crippen LogP contribution in [0.25, 0.3) is 6.08 Å². The van der Waals surface area contributed by atoms with Crippen LogP contribution in [-0.4, -0.2) is 27.6 Å². The monoisotopic (exact) mass is 410 g/mol. The summed E-state index contributed by atoms with van der Waals surface area (Å²) in [4.78, 5) is 27.1. The van der Waals surface area contributed by atoms with Gasteiger partial charge in [0.05, 0.1) is 4.91 Å². The van der Waals surface area contributed by atoms with Crippen LogP contribution in [0.2, 0.25) is 0 Å². The molecule has 28 heavy (non-hydrogen) atoms. The van der Waals surface area contributed by atoms with E-state index in [0.29, 0.717) is 9.23 Å². The van der Waals surface area contributed by atoms with Crippen LogP contribution in [0.15, 0.2) is 53.4 Å². The molecule has 0 aliphatic carbocycles. The molecule has 144 valence electrons. The third-order valence-corrected chi connectivity index (χ3v) is 5.86. The summed E-state index contributed by atoms with van der Waals surface area (Å²) in [5.41, 5.74) is 4.03. The molecule has 0 bridgehead atoms. The highest BCUT2D eigenvalue weighted by molar-refractivity contribution is 8.26. The number of hydrogen-bond acceptors (Lipinski definition) is 4. The first-order valence-electron chi connectivity index (χ1n) is 9.17. The van der Waals surface area contributed by atoms with Crippen LogP contribution in [0.4, 0.5) is 5.69 Å². The first-order chi connectivity index (χ1) is 13.5. The van der Waals surface area contributed by atoms with Gasteiger partial charge < -0.3 is 5.32 Å². The fourth-order valence-corrected chi connectivity index (χ4v) is 4.19. The van der Waals surface area contributed by atoms with Gasteiger partial charge in [0.1, 0.15) is 4.32 Å². The van der Waals surface area contributed by atoms with Gasteiger partial charge in [-0.3, -0.25) is 14.5 Å². The van der Waals surface area contributed by atoms with E-state index in [1.807, 2.05) is 68.5 Å². The Bertz CT molecular complexity index is 936. The highest BCUT2D eigenvalue weighted by Crippen LogP contribution is 2.32. The number of carbonyl (C=O) groups excluding carboxylic acids is 2. The topological polar surface area (TPSA) is 49.4 Å². The summed E-state index contributed by atoms with van der Waals surface area (Å²) >= 11 is 6.63. The van der Waals surface area contributed by atoms with E-state index >= 15 is 0 Å². The minimum atomic E-state index is -0.141. The van der Waals surface area contributed by atoms with Gasteiger partial charge in [-0.05, 0) is 36.6 Å². The zero-order valence-electron chi connectivity index (χ0n) is 15.9. The standard InChI is InChI=1S/C22H22N2O2S2/c1-3-17-6-4-5-7-18(17)23-20(25)12-13-24-21(26)19(28-22(24)27)14-16-10-8-15(2)9-11-16/h4-11,14H,3,12-13H2,1-2H3,(H,23,25)/b19-14-. The second-order valence-corrected chi connectivity index (χ2v) is 8.23. The molecule has 1 saturated heterocycles. The maximum atomic E-state index is 12.7. The maximum absolute atomic E-state index is 12.7. The molecule has 0 spiro atoms. The number of benzene rings is 2. The van der Waals surface area contributed by atoms with Crippen molar-refractivity contribution in [1.82, 2.24) is 4.90 Å². The number of anilines is 1. The van der Waals surface area contributed by atoms with Gasteiger partial charge in [-0.2, -0.15) is 0 Å². The molecule has 0 radical (unpaired) electrons. The largest absolute Gasteiger partial charge is 0.326 e. The molecule has 4 nitrogen and oxygen atoms in total. The van der Waals surface area contributed by atoms with Crippen LogP contribution in [0.1, 0.15) is 30.0 Å². The third kappa shape index (κ3) is 4.88. The molecule has 3 rings (SSSR count). The van der Waals surface area contributed by atoms with Crippen molar-refractivity contribution in [3.05, 3.63) is 70.1 Å². The number of nitrogens with one attached hydrogen (secondary N) is 1. The van der Waals surface area contributed by atoms with Gasteiger partial charge in [0, 0.05) is 18.7 Å². The number of thiocarbonyl (C=S) groups is 1. The Morgan fingerprint density at radius 2 is 1.89 bits per heavy atom. The van der Waals surface area contributed by atoms with E-state index in [2.05, 4.69) is 5.32 Å². The Hall–Kier alpha value is -2.44. The van der Waals surface area contributed by atoms with E-state index in [1.165, 1.54) is 22.2 Å². The molecule has 0 unspecified atom stereocenters. The molecule has 0 saturated carbocycles. The first-order valence-corrected chi connectivity index (χ1v) is 10.4. The highest BCUT2D eigenvalue weighted by atomic mass is 32.2. The summed E-state index contributed by atoms with van der Waals surface area (Å²) in [6.45, 7) is 4.34. The number of carbonyl (C=O) groups is 2. The lowest BCUT2D eigenvalue weighted by Crippen LogP contribution is -2.31. The van der Waals surface area contributed by atoms with Gasteiger partial charge in [-0.25, -0.2) is 0 Å². The molecule has 6 heteroatoms. The van der Waals surface area contributed by atoms with Crippen LogP contribution in [0.5, 0.6) is 0 Å². The number of hydrogen-bond donors (Lipinski definition) is 1. The van der Waals surface area contributed by atoms with Gasteiger partial charge in [0.15, 0.2) is 0 Å². The average Bonchev–Trinajstić information content (AvgIpc) is 2.95. The van der Waals surface area contributed by atoms with E-state index in [0.717, 1.165) is 23.2 Å². The van der Waals surface area contributed by atoms with Crippen molar-refractivity contribution in [2.75, 3.05) is 11.9 Å². The van der Waals surface area contributed by atoms with E-state index in [-0.39, 0.29) is 24.8 Å². The highest BCUT2D eigenvalue weighted by Gasteiger charge is 2.32. The van der Waals surface area contributed by atoms with Crippen molar-refractivity contribution < 1.29 is 9.59 Å². The molecule has 1 N–H and O–H groups in total. The number of para-hydroxylation sites is 1. The van der Waals surface area contributed by atoms with Crippen LogP contribution >= 0.6 is 24.0 Å². The lowest BCUT2D eigenvalue weighted by atomic mass is 10.1. The molecule has 2 amide bonds. The van der Waals surface area contributed by atoms with Gasteiger partial charge >= 0.3 is 0 Å². The second kappa shape index (κ2) is 9.17. The molecule has 1 heterocycles. The summed E-state index contributed by atoms with van der Waals surface area (Å²) in [7, 11) is 0. The van der Waals surface area contributed by atoms with Crippen molar-refractivity contribution in [3.63, 3.8) is 0 Å². The first kappa shape index (κ1) is 20.3. The van der Waals surface area contributed by atoms with E-state index in [9.17, 15) is 9.59 Å². The summed E-state index contributed by atoms with van der Waals surface area (Å²) in [6.07, 6.45) is 2.88. The van der Waals surface area contributed by atoms with Gasteiger partial charge in [0.2, 0.25) is 5.91 Å². The molecule has 1 aliphatic rings.